The number of benzene rings is 1. The van der Waals surface area contributed by atoms with E-state index in [0.717, 1.165) is 22.5 Å². The molecule has 0 saturated heterocycles. The highest BCUT2D eigenvalue weighted by molar-refractivity contribution is 6.34. The van der Waals surface area contributed by atoms with Crippen molar-refractivity contribution >= 4 is 23.0 Å². The predicted octanol–water partition coefficient (Wildman–Crippen LogP) is 4.01. The van der Waals surface area contributed by atoms with Gasteiger partial charge in [-0.25, -0.2) is 0 Å². The van der Waals surface area contributed by atoms with Gasteiger partial charge in [0.15, 0.2) is 0 Å². The molecular weight excluding hydrogens is 244 g/mol. The molecule has 0 amide bonds. The Balaban J connectivity index is 1.82. The van der Waals surface area contributed by atoms with Gasteiger partial charge in [-0.2, -0.15) is 0 Å². The summed E-state index contributed by atoms with van der Waals surface area (Å²) in [5, 5.41) is 4.56. The van der Waals surface area contributed by atoms with Crippen LogP contribution in [0.1, 0.15) is 25.7 Å². The first kappa shape index (κ1) is 12.2. The quantitative estimate of drug-likeness (QED) is 0.888. The Hall–Kier alpha value is -0.890. The lowest BCUT2D eigenvalue weighted by molar-refractivity contribution is 0.440. The van der Waals surface area contributed by atoms with Crippen LogP contribution in [0.15, 0.2) is 18.2 Å². The monoisotopic (exact) mass is 264 g/mol. The minimum Gasteiger partial charge on any atom is -0.380 e. The van der Waals surface area contributed by atoms with E-state index in [1.807, 2.05) is 26.2 Å². The molecule has 2 aliphatic rings. The van der Waals surface area contributed by atoms with Gasteiger partial charge in [0.1, 0.15) is 0 Å². The van der Waals surface area contributed by atoms with Crippen LogP contribution in [-0.4, -0.2) is 20.1 Å². The summed E-state index contributed by atoms with van der Waals surface area (Å²) < 4.78 is 0. The minimum atomic E-state index is 0.654. The molecule has 2 bridgehead atoms. The van der Waals surface area contributed by atoms with Gasteiger partial charge >= 0.3 is 0 Å². The maximum atomic E-state index is 6.31. The maximum absolute atomic E-state index is 6.31. The second kappa shape index (κ2) is 4.65. The van der Waals surface area contributed by atoms with Gasteiger partial charge in [0, 0.05) is 20.1 Å². The highest BCUT2D eigenvalue weighted by atomic mass is 35.5. The Labute approximate surface area is 114 Å². The van der Waals surface area contributed by atoms with Gasteiger partial charge in [-0.1, -0.05) is 24.1 Å². The standard InChI is InChI=1S/C15H21ClN2/c1-18(2)15-12(16)4-3-5-13(15)17-14-9-10-6-7-11(14)8-10/h3-5,10-11,14,17H,6-9H2,1-2H3. The van der Waals surface area contributed by atoms with Crippen LogP contribution in [-0.2, 0) is 0 Å². The average Bonchev–Trinajstić information content (AvgIpc) is 2.90. The van der Waals surface area contributed by atoms with Crippen LogP contribution in [0.4, 0.5) is 11.4 Å². The van der Waals surface area contributed by atoms with Crippen molar-refractivity contribution in [3.05, 3.63) is 23.2 Å². The van der Waals surface area contributed by atoms with Crippen molar-refractivity contribution in [3.8, 4) is 0 Å². The van der Waals surface area contributed by atoms with E-state index >= 15 is 0 Å². The second-order valence-electron chi connectivity index (χ2n) is 5.96. The number of rotatable bonds is 3. The molecule has 0 radical (unpaired) electrons. The zero-order valence-electron chi connectivity index (χ0n) is 11.1. The molecule has 2 nitrogen and oxygen atoms in total. The van der Waals surface area contributed by atoms with Gasteiger partial charge in [0.05, 0.1) is 16.4 Å². The molecule has 3 heteroatoms. The number of hydrogen-bond donors (Lipinski definition) is 1. The fraction of sp³-hybridized carbons (Fsp3) is 0.600. The Bertz CT molecular complexity index is 444. The van der Waals surface area contributed by atoms with Crippen LogP contribution in [0.5, 0.6) is 0 Å². The summed E-state index contributed by atoms with van der Waals surface area (Å²) in [5.74, 6) is 1.85. The largest absolute Gasteiger partial charge is 0.380 e. The van der Waals surface area contributed by atoms with E-state index in [1.165, 1.54) is 31.4 Å². The van der Waals surface area contributed by atoms with Crippen molar-refractivity contribution < 1.29 is 0 Å². The van der Waals surface area contributed by atoms with Crippen LogP contribution in [0, 0.1) is 11.8 Å². The number of halogens is 1. The van der Waals surface area contributed by atoms with E-state index in [1.54, 1.807) is 0 Å². The van der Waals surface area contributed by atoms with Crippen LogP contribution < -0.4 is 10.2 Å². The molecule has 98 valence electrons. The van der Waals surface area contributed by atoms with Gasteiger partial charge < -0.3 is 10.2 Å². The van der Waals surface area contributed by atoms with E-state index in [2.05, 4.69) is 16.3 Å². The zero-order chi connectivity index (χ0) is 12.7. The number of para-hydroxylation sites is 1. The molecule has 2 fully saturated rings. The molecule has 1 aromatic carbocycles. The third-order valence-electron chi connectivity index (χ3n) is 4.51. The number of nitrogens with one attached hydrogen (secondary N) is 1. The molecule has 3 rings (SSSR count). The highest BCUT2D eigenvalue weighted by Gasteiger charge is 2.39. The fourth-order valence-electron chi connectivity index (χ4n) is 3.71. The van der Waals surface area contributed by atoms with E-state index in [4.69, 9.17) is 11.6 Å². The summed E-state index contributed by atoms with van der Waals surface area (Å²) in [5.41, 5.74) is 2.30. The maximum Gasteiger partial charge on any atom is 0.0786 e. The van der Waals surface area contributed by atoms with Gasteiger partial charge in [0.25, 0.3) is 0 Å². The molecule has 3 unspecified atom stereocenters. The molecule has 1 N–H and O–H groups in total. The lowest BCUT2D eigenvalue weighted by Crippen LogP contribution is -2.27. The van der Waals surface area contributed by atoms with Crippen molar-refractivity contribution in [1.82, 2.24) is 0 Å². The Morgan fingerprint density at radius 2 is 2.06 bits per heavy atom. The van der Waals surface area contributed by atoms with Crippen molar-refractivity contribution in [3.63, 3.8) is 0 Å². The average molecular weight is 265 g/mol. The summed E-state index contributed by atoms with van der Waals surface area (Å²) in [6.07, 6.45) is 5.61. The van der Waals surface area contributed by atoms with Crippen molar-refractivity contribution in [1.29, 1.82) is 0 Å². The number of anilines is 2. The lowest BCUT2D eigenvalue weighted by atomic mass is 9.95. The molecule has 2 aliphatic carbocycles. The van der Waals surface area contributed by atoms with Crippen molar-refractivity contribution in [2.45, 2.75) is 31.7 Å². The molecule has 3 atom stereocenters. The van der Waals surface area contributed by atoms with Crippen molar-refractivity contribution in [2.24, 2.45) is 11.8 Å². The topological polar surface area (TPSA) is 15.3 Å². The fourth-order valence-corrected chi connectivity index (χ4v) is 4.05. The molecule has 0 heterocycles. The normalized spacial score (nSPS) is 29.6. The summed E-state index contributed by atoms with van der Waals surface area (Å²) in [4.78, 5) is 2.10. The van der Waals surface area contributed by atoms with E-state index in [-0.39, 0.29) is 0 Å². The van der Waals surface area contributed by atoms with Crippen molar-refractivity contribution in [2.75, 3.05) is 24.3 Å². The zero-order valence-corrected chi connectivity index (χ0v) is 11.9. The van der Waals surface area contributed by atoms with E-state index in [9.17, 15) is 0 Å². The van der Waals surface area contributed by atoms with Crippen LogP contribution in [0.25, 0.3) is 0 Å². The molecule has 2 saturated carbocycles. The summed E-state index contributed by atoms with van der Waals surface area (Å²) in [6.45, 7) is 0. The molecule has 0 spiro atoms. The van der Waals surface area contributed by atoms with Gasteiger partial charge in [-0.3, -0.25) is 0 Å². The number of fused-ring (bicyclic) bond motifs is 2. The minimum absolute atomic E-state index is 0.654. The molecule has 0 aromatic heterocycles. The highest BCUT2D eigenvalue weighted by Crippen LogP contribution is 2.46. The van der Waals surface area contributed by atoms with Crippen LogP contribution in [0.2, 0.25) is 5.02 Å². The predicted molar refractivity (Wildman–Crippen MR) is 78.6 cm³/mol. The second-order valence-corrected chi connectivity index (χ2v) is 6.36. The first-order valence-corrected chi connectivity index (χ1v) is 7.25. The smallest absolute Gasteiger partial charge is 0.0786 e. The SMILES string of the molecule is CN(C)c1c(Cl)cccc1NC1CC2CCC1C2. The summed E-state index contributed by atoms with van der Waals surface area (Å²) in [7, 11) is 4.10. The molecule has 18 heavy (non-hydrogen) atoms. The molecule has 1 aromatic rings. The van der Waals surface area contributed by atoms with E-state index < -0.39 is 0 Å². The third-order valence-corrected chi connectivity index (χ3v) is 4.82. The summed E-state index contributed by atoms with van der Waals surface area (Å²) >= 11 is 6.31. The molecule has 0 aliphatic heterocycles. The van der Waals surface area contributed by atoms with Gasteiger partial charge in [-0.15, -0.1) is 0 Å². The van der Waals surface area contributed by atoms with Gasteiger partial charge in [0.2, 0.25) is 0 Å². The Morgan fingerprint density at radius 1 is 1.22 bits per heavy atom. The third kappa shape index (κ3) is 2.07. The first-order chi connectivity index (χ1) is 8.65. The first-order valence-electron chi connectivity index (χ1n) is 6.87. The Kier molecular flexibility index (Phi) is 3.14. The number of hydrogen-bond acceptors (Lipinski definition) is 2. The van der Waals surface area contributed by atoms with E-state index in [0.29, 0.717) is 6.04 Å². The van der Waals surface area contributed by atoms with Crippen LogP contribution >= 0.6 is 11.6 Å². The lowest BCUT2D eigenvalue weighted by Gasteiger charge is -2.27. The number of nitrogens with zero attached hydrogens (tertiary/aromatic N) is 1. The summed E-state index contributed by atoms with van der Waals surface area (Å²) in [6, 6.07) is 6.79. The molecular formula is C15H21ClN2. The Morgan fingerprint density at radius 3 is 2.67 bits per heavy atom. The van der Waals surface area contributed by atoms with Gasteiger partial charge in [-0.05, 0) is 43.2 Å². The van der Waals surface area contributed by atoms with Crippen LogP contribution in [0.3, 0.4) is 0 Å².